The monoisotopic (exact) mass is 470 g/mol. The van der Waals surface area contributed by atoms with Crippen molar-refractivity contribution in [2.24, 2.45) is 0 Å². The van der Waals surface area contributed by atoms with Gasteiger partial charge in [0.25, 0.3) is 0 Å². The number of carbonyl (C=O) groups is 3. The van der Waals surface area contributed by atoms with Crippen molar-refractivity contribution in [2.45, 2.75) is 56.1 Å². The molecule has 1 fully saturated rings. The van der Waals surface area contributed by atoms with Crippen LogP contribution in [-0.2, 0) is 28.6 Å². The molecule has 5 unspecified atom stereocenters. The van der Waals surface area contributed by atoms with Crippen molar-refractivity contribution in [2.75, 3.05) is 6.61 Å². The Labute approximate surface area is 188 Å². The fourth-order valence-electron chi connectivity index (χ4n) is 3.18. The first kappa shape index (κ1) is 26.2. The second-order valence-electron chi connectivity index (χ2n) is 7.78. The third-order valence-electron chi connectivity index (χ3n) is 4.81. The molecule has 1 aromatic rings. The number of rotatable bonds is 10. The summed E-state index contributed by atoms with van der Waals surface area (Å²) >= 11 is 0. The second kappa shape index (κ2) is 11.2. The van der Waals surface area contributed by atoms with Crippen molar-refractivity contribution in [3.8, 4) is 5.75 Å². The Morgan fingerprint density at radius 1 is 1.00 bits per heavy atom. The van der Waals surface area contributed by atoms with Crippen LogP contribution in [0.5, 0.6) is 5.75 Å². The van der Waals surface area contributed by atoms with Crippen LogP contribution in [0.2, 0.25) is 0 Å². The minimum atomic E-state index is -1.83. The number of benzene rings is 1. The Bertz CT molecular complexity index is 849. The number of aromatic hydroxyl groups is 1. The fourth-order valence-corrected chi connectivity index (χ4v) is 3.18. The highest BCUT2D eigenvalue weighted by molar-refractivity contribution is 5.87. The van der Waals surface area contributed by atoms with Crippen molar-refractivity contribution < 1.29 is 59.2 Å². The topological polar surface area (TPSA) is 200 Å². The minimum Gasteiger partial charge on any atom is -0.508 e. The number of hydrogen-bond acceptors (Lipinski definition) is 10. The molecule has 1 aromatic carbocycles. The molecule has 0 spiro atoms. The number of phenolic OH excluding ortho intramolecular Hbond substituents is 1. The third kappa shape index (κ3) is 7.80. The van der Waals surface area contributed by atoms with Gasteiger partial charge in [-0.1, -0.05) is 12.1 Å². The Morgan fingerprint density at radius 2 is 1.58 bits per heavy atom. The number of ether oxygens (including phenoxy) is 3. The smallest absolute Gasteiger partial charge is 0.330 e. The molecule has 1 aliphatic rings. The molecule has 0 amide bonds. The SMILES string of the molecule is CC(CC(=O)O)(CC(=O)O)OC1OC(COC(=O)/C=C/c2ccc(O)cc2)C(O)C(O)C1O. The van der Waals surface area contributed by atoms with E-state index in [2.05, 4.69) is 0 Å². The molecular formula is C21H26O12. The molecule has 0 aromatic heterocycles. The molecular weight excluding hydrogens is 444 g/mol. The number of carboxylic acids is 2. The molecule has 0 aliphatic carbocycles. The van der Waals surface area contributed by atoms with Gasteiger partial charge in [-0.25, -0.2) is 4.79 Å². The maximum atomic E-state index is 12.0. The van der Waals surface area contributed by atoms with Gasteiger partial charge in [0, 0.05) is 6.08 Å². The van der Waals surface area contributed by atoms with E-state index in [4.69, 9.17) is 24.4 Å². The Balaban J connectivity index is 2.03. The zero-order valence-corrected chi connectivity index (χ0v) is 17.6. The first-order valence-corrected chi connectivity index (χ1v) is 9.85. The zero-order valence-electron chi connectivity index (χ0n) is 17.6. The summed E-state index contributed by atoms with van der Waals surface area (Å²) in [7, 11) is 0. The van der Waals surface area contributed by atoms with Crippen LogP contribution >= 0.6 is 0 Å². The number of carboxylic acid groups (broad SMARTS) is 2. The van der Waals surface area contributed by atoms with Gasteiger partial charge in [-0.3, -0.25) is 9.59 Å². The summed E-state index contributed by atoms with van der Waals surface area (Å²) in [5, 5.41) is 57.8. The predicted octanol–water partition coefficient (Wildman–Crippen LogP) is -0.519. The molecule has 0 radical (unpaired) electrons. The first-order valence-electron chi connectivity index (χ1n) is 9.85. The summed E-state index contributed by atoms with van der Waals surface area (Å²) in [6.45, 7) is 0.629. The number of aliphatic hydroxyl groups excluding tert-OH is 3. The average molecular weight is 470 g/mol. The van der Waals surface area contributed by atoms with Gasteiger partial charge in [-0.15, -0.1) is 0 Å². The van der Waals surface area contributed by atoms with Crippen molar-refractivity contribution in [1.82, 2.24) is 0 Å². The summed E-state index contributed by atoms with van der Waals surface area (Å²) in [5.41, 5.74) is -1.21. The Hall–Kier alpha value is -3.03. The molecule has 2 rings (SSSR count). The summed E-state index contributed by atoms with van der Waals surface area (Å²) < 4.78 is 15.8. The van der Waals surface area contributed by atoms with Crippen LogP contribution in [-0.4, -0.2) is 91.5 Å². The maximum absolute atomic E-state index is 12.0. The van der Waals surface area contributed by atoms with E-state index in [1.54, 1.807) is 12.1 Å². The molecule has 5 atom stereocenters. The summed E-state index contributed by atoms with van der Waals surface area (Å²) in [4.78, 5) is 34.2. The molecule has 0 bridgehead atoms. The largest absolute Gasteiger partial charge is 0.508 e. The van der Waals surface area contributed by atoms with Crippen molar-refractivity contribution >= 4 is 24.0 Å². The molecule has 6 N–H and O–H groups in total. The molecule has 1 heterocycles. The van der Waals surface area contributed by atoms with Gasteiger partial charge in [0.05, 0.1) is 18.4 Å². The van der Waals surface area contributed by atoms with Gasteiger partial charge < -0.3 is 44.8 Å². The number of aliphatic hydroxyl groups is 3. The number of esters is 1. The van der Waals surface area contributed by atoms with E-state index in [9.17, 15) is 34.8 Å². The second-order valence-corrected chi connectivity index (χ2v) is 7.78. The van der Waals surface area contributed by atoms with E-state index in [-0.39, 0.29) is 5.75 Å². The molecule has 33 heavy (non-hydrogen) atoms. The van der Waals surface area contributed by atoms with E-state index in [0.29, 0.717) is 5.56 Å². The molecule has 182 valence electrons. The Morgan fingerprint density at radius 3 is 2.12 bits per heavy atom. The maximum Gasteiger partial charge on any atom is 0.330 e. The zero-order chi connectivity index (χ0) is 24.8. The van der Waals surface area contributed by atoms with E-state index in [0.717, 1.165) is 6.08 Å². The van der Waals surface area contributed by atoms with Crippen molar-refractivity contribution in [1.29, 1.82) is 0 Å². The van der Waals surface area contributed by atoms with Gasteiger partial charge >= 0.3 is 17.9 Å². The molecule has 1 aliphatic heterocycles. The highest BCUT2D eigenvalue weighted by atomic mass is 16.7. The van der Waals surface area contributed by atoms with Gasteiger partial charge in [0.1, 0.15) is 36.8 Å². The highest BCUT2D eigenvalue weighted by Crippen LogP contribution is 2.29. The van der Waals surface area contributed by atoms with Crippen LogP contribution in [0.1, 0.15) is 25.3 Å². The summed E-state index contributed by atoms with van der Waals surface area (Å²) in [6, 6.07) is 5.95. The fraction of sp³-hybridized carbons (Fsp3) is 0.476. The lowest BCUT2D eigenvalue weighted by molar-refractivity contribution is -0.325. The summed E-state index contributed by atoms with van der Waals surface area (Å²) in [6.07, 6.45) is -7.38. The van der Waals surface area contributed by atoms with Crippen LogP contribution in [0.4, 0.5) is 0 Å². The van der Waals surface area contributed by atoms with Crippen LogP contribution in [0.15, 0.2) is 30.3 Å². The van der Waals surface area contributed by atoms with Gasteiger partial charge in [0.2, 0.25) is 0 Å². The van der Waals surface area contributed by atoms with Crippen molar-refractivity contribution in [3.05, 3.63) is 35.9 Å². The van der Waals surface area contributed by atoms with E-state index in [1.165, 1.54) is 25.1 Å². The van der Waals surface area contributed by atoms with E-state index in [1.807, 2.05) is 0 Å². The first-order chi connectivity index (χ1) is 15.4. The molecule has 12 nitrogen and oxygen atoms in total. The lowest BCUT2D eigenvalue weighted by atomic mass is 9.95. The summed E-state index contributed by atoms with van der Waals surface area (Å²) in [5.74, 6) is -3.50. The number of hydrogen-bond donors (Lipinski definition) is 6. The standard InChI is InChI=1S/C21H26O12/c1-21(8-14(23)24,9-15(25)26)33-20-19(30)18(29)17(28)13(32-20)10-31-16(27)7-4-11-2-5-12(22)6-3-11/h2-7,13,17-20,22,28-30H,8-10H2,1H3,(H,23,24)(H,25,26)/b7-4+. The van der Waals surface area contributed by atoms with Crippen LogP contribution < -0.4 is 0 Å². The normalized spacial score (nSPS) is 25.6. The van der Waals surface area contributed by atoms with Gasteiger partial charge in [-0.05, 0) is 30.7 Å². The molecule has 0 saturated carbocycles. The predicted molar refractivity (Wildman–Crippen MR) is 109 cm³/mol. The van der Waals surface area contributed by atoms with E-state index < -0.39 is 73.7 Å². The van der Waals surface area contributed by atoms with Crippen LogP contribution in [0.25, 0.3) is 6.08 Å². The number of phenols is 1. The minimum absolute atomic E-state index is 0.0542. The molecule has 1 saturated heterocycles. The van der Waals surface area contributed by atoms with Gasteiger partial charge in [0.15, 0.2) is 6.29 Å². The third-order valence-corrected chi connectivity index (χ3v) is 4.81. The Kier molecular flexibility index (Phi) is 8.91. The van der Waals surface area contributed by atoms with E-state index >= 15 is 0 Å². The number of carbonyl (C=O) groups excluding carboxylic acids is 1. The van der Waals surface area contributed by atoms with Crippen LogP contribution in [0, 0.1) is 0 Å². The van der Waals surface area contributed by atoms with Gasteiger partial charge in [-0.2, -0.15) is 0 Å². The quantitative estimate of drug-likeness (QED) is 0.189. The van der Waals surface area contributed by atoms with Crippen LogP contribution in [0.3, 0.4) is 0 Å². The lowest BCUT2D eigenvalue weighted by Crippen LogP contribution is -2.61. The average Bonchev–Trinajstić information content (AvgIpc) is 2.71. The molecule has 12 heteroatoms. The number of aliphatic carboxylic acids is 2. The highest BCUT2D eigenvalue weighted by Gasteiger charge is 2.47. The van der Waals surface area contributed by atoms with Crippen molar-refractivity contribution in [3.63, 3.8) is 0 Å². The lowest BCUT2D eigenvalue weighted by Gasteiger charge is -2.43.